The van der Waals surface area contributed by atoms with Gasteiger partial charge in [-0.15, -0.1) is 0 Å². The molecule has 0 aromatic carbocycles. The summed E-state index contributed by atoms with van der Waals surface area (Å²) >= 11 is 0. The highest BCUT2D eigenvalue weighted by Crippen LogP contribution is 2.25. The van der Waals surface area contributed by atoms with Crippen LogP contribution in [0.1, 0.15) is 39.0 Å². The first kappa shape index (κ1) is 13.3. The first-order valence-electron chi connectivity index (χ1n) is 6.79. The van der Waals surface area contributed by atoms with Crippen LogP contribution < -0.4 is 0 Å². The predicted octanol–water partition coefficient (Wildman–Crippen LogP) is 1.27. The molecule has 2 saturated heterocycles. The summed E-state index contributed by atoms with van der Waals surface area (Å²) in [5.41, 5.74) is 0. The van der Waals surface area contributed by atoms with Crippen molar-refractivity contribution in [3.05, 3.63) is 0 Å². The van der Waals surface area contributed by atoms with E-state index in [-0.39, 0.29) is 5.91 Å². The minimum Gasteiger partial charge on any atom is -0.479 e. The number of amides is 1. The van der Waals surface area contributed by atoms with E-state index in [0.29, 0.717) is 18.8 Å². The van der Waals surface area contributed by atoms with E-state index in [2.05, 4.69) is 6.92 Å². The van der Waals surface area contributed by atoms with E-state index in [1.54, 1.807) is 0 Å². The van der Waals surface area contributed by atoms with Gasteiger partial charge in [-0.1, -0.05) is 13.3 Å². The molecule has 2 aliphatic rings. The van der Waals surface area contributed by atoms with Gasteiger partial charge in [-0.05, 0) is 31.6 Å². The number of aliphatic carboxylic acids is 1. The van der Waals surface area contributed by atoms with Gasteiger partial charge < -0.3 is 14.7 Å². The maximum absolute atomic E-state index is 12.2. The Morgan fingerprint density at radius 1 is 1.28 bits per heavy atom. The van der Waals surface area contributed by atoms with Gasteiger partial charge in [-0.2, -0.15) is 0 Å². The maximum Gasteiger partial charge on any atom is 0.332 e. The molecular formula is C13H21NO4. The fourth-order valence-electron chi connectivity index (χ4n) is 2.80. The molecule has 3 atom stereocenters. The summed E-state index contributed by atoms with van der Waals surface area (Å²) in [4.78, 5) is 24.9. The first-order chi connectivity index (χ1) is 8.61. The molecule has 0 spiro atoms. The quantitative estimate of drug-likeness (QED) is 0.824. The molecule has 0 bridgehead atoms. The Hall–Kier alpha value is -1.10. The average molecular weight is 255 g/mol. The largest absolute Gasteiger partial charge is 0.479 e. The Morgan fingerprint density at radius 3 is 2.61 bits per heavy atom. The molecule has 1 unspecified atom stereocenters. The number of carbonyl (C=O) groups is 2. The molecule has 2 aliphatic heterocycles. The van der Waals surface area contributed by atoms with Crippen LogP contribution in [0, 0.1) is 5.92 Å². The Bertz CT molecular complexity index is 331. The van der Waals surface area contributed by atoms with Crippen LogP contribution in [0.25, 0.3) is 0 Å². The zero-order valence-corrected chi connectivity index (χ0v) is 10.8. The van der Waals surface area contributed by atoms with Crippen molar-refractivity contribution in [1.29, 1.82) is 0 Å². The summed E-state index contributed by atoms with van der Waals surface area (Å²) in [5.74, 6) is -0.397. The summed E-state index contributed by atoms with van der Waals surface area (Å²) in [6, 6.07) is 0. The van der Waals surface area contributed by atoms with Crippen LogP contribution in [0.15, 0.2) is 0 Å². The predicted molar refractivity (Wildman–Crippen MR) is 65.1 cm³/mol. The highest BCUT2D eigenvalue weighted by atomic mass is 16.5. The van der Waals surface area contributed by atoms with Crippen molar-refractivity contribution in [3.63, 3.8) is 0 Å². The van der Waals surface area contributed by atoms with Gasteiger partial charge in [-0.3, -0.25) is 4.79 Å². The zero-order chi connectivity index (χ0) is 13.1. The molecule has 0 radical (unpaired) electrons. The summed E-state index contributed by atoms with van der Waals surface area (Å²) in [7, 11) is 0. The average Bonchev–Trinajstić information content (AvgIpc) is 2.87. The van der Waals surface area contributed by atoms with Gasteiger partial charge in [0.25, 0.3) is 5.91 Å². The van der Waals surface area contributed by atoms with E-state index >= 15 is 0 Å². The molecular weight excluding hydrogens is 234 g/mol. The lowest BCUT2D eigenvalue weighted by Crippen LogP contribution is -2.45. The lowest BCUT2D eigenvalue weighted by Gasteiger charge is -2.33. The van der Waals surface area contributed by atoms with Crippen LogP contribution in [0.3, 0.4) is 0 Å². The smallest absolute Gasteiger partial charge is 0.332 e. The number of piperidine rings is 1. The highest BCUT2D eigenvalue weighted by Gasteiger charge is 2.37. The zero-order valence-electron chi connectivity index (χ0n) is 10.8. The maximum atomic E-state index is 12.2. The Kier molecular flexibility index (Phi) is 4.22. The van der Waals surface area contributed by atoms with Crippen LogP contribution in [0.5, 0.6) is 0 Å². The van der Waals surface area contributed by atoms with Crippen LogP contribution in [0.4, 0.5) is 0 Å². The number of likely N-dealkylation sites (tertiary alicyclic amines) is 1. The van der Waals surface area contributed by atoms with Gasteiger partial charge in [0.1, 0.15) is 6.10 Å². The van der Waals surface area contributed by atoms with Gasteiger partial charge in [0.05, 0.1) is 0 Å². The second-order valence-electron chi connectivity index (χ2n) is 5.23. The second kappa shape index (κ2) is 5.69. The normalized spacial score (nSPS) is 32.5. The van der Waals surface area contributed by atoms with Crippen LogP contribution >= 0.6 is 0 Å². The minimum atomic E-state index is -0.963. The van der Waals surface area contributed by atoms with Gasteiger partial charge in [0.15, 0.2) is 6.10 Å². The SMILES string of the molecule is CCC1CCCN(C(=O)[C@@H]2CC[C@H](C(=O)O)O2)C1. The molecule has 2 rings (SSSR count). The third-order valence-corrected chi connectivity index (χ3v) is 3.98. The molecule has 18 heavy (non-hydrogen) atoms. The van der Waals surface area contributed by atoms with Gasteiger partial charge in [0, 0.05) is 13.1 Å². The lowest BCUT2D eigenvalue weighted by atomic mass is 9.95. The topological polar surface area (TPSA) is 66.8 Å². The summed E-state index contributed by atoms with van der Waals surface area (Å²) in [6.07, 6.45) is 2.95. The van der Waals surface area contributed by atoms with Crippen molar-refractivity contribution < 1.29 is 19.4 Å². The van der Waals surface area contributed by atoms with Crippen LogP contribution in [0.2, 0.25) is 0 Å². The van der Waals surface area contributed by atoms with Crippen molar-refractivity contribution in [3.8, 4) is 0 Å². The molecule has 0 saturated carbocycles. The lowest BCUT2D eigenvalue weighted by molar-refractivity contribution is -0.155. The summed E-state index contributed by atoms with van der Waals surface area (Å²) < 4.78 is 5.32. The molecule has 0 aromatic heterocycles. The molecule has 1 amide bonds. The summed E-state index contributed by atoms with van der Waals surface area (Å²) in [6.45, 7) is 3.73. The van der Waals surface area contributed by atoms with E-state index < -0.39 is 18.2 Å². The second-order valence-corrected chi connectivity index (χ2v) is 5.23. The standard InChI is InChI=1S/C13H21NO4/c1-2-9-4-3-7-14(8-9)12(15)10-5-6-11(18-10)13(16)17/h9-11H,2-8H2,1H3,(H,16,17)/t9?,10-,11+/m0/s1. The van der Waals surface area contributed by atoms with Crippen molar-refractivity contribution in [1.82, 2.24) is 4.90 Å². The number of carboxylic acid groups (broad SMARTS) is 1. The number of carboxylic acids is 1. The monoisotopic (exact) mass is 255 g/mol. The molecule has 5 heteroatoms. The van der Waals surface area contributed by atoms with Gasteiger partial charge >= 0.3 is 5.97 Å². The first-order valence-corrected chi connectivity index (χ1v) is 6.79. The Balaban J connectivity index is 1.89. The number of ether oxygens (including phenoxy) is 1. The minimum absolute atomic E-state index is 0.0168. The van der Waals surface area contributed by atoms with Crippen LogP contribution in [-0.2, 0) is 14.3 Å². The fraction of sp³-hybridized carbons (Fsp3) is 0.846. The van der Waals surface area contributed by atoms with E-state index in [4.69, 9.17) is 9.84 Å². The van der Waals surface area contributed by atoms with Gasteiger partial charge in [0.2, 0.25) is 0 Å². The van der Waals surface area contributed by atoms with Crippen molar-refractivity contribution in [2.75, 3.05) is 13.1 Å². The Labute approximate surface area is 107 Å². The van der Waals surface area contributed by atoms with Crippen molar-refractivity contribution in [2.45, 2.75) is 51.2 Å². The molecule has 2 heterocycles. The summed E-state index contributed by atoms with van der Waals surface area (Å²) in [5, 5.41) is 8.85. The number of hydrogen-bond acceptors (Lipinski definition) is 3. The molecule has 5 nitrogen and oxygen atoms in total. The van der Waals surface area contributed by atoms with E-state index in [9.17, 15) is 9.59 Å². The third-order valence-electron chi connectivity index (χ3n) is 3.98. The van der Waals surface area contributed by atoms with Crippen molar-refractivity contribution in [2.24, 2.45) is 5.92 Å². The number of hydrogen-bond donors (Lipinski definition) is 1. The molecule has 0 aliphatic carbocycles. The number of carbonyl (C=O) groups excluding carboxylic acids is 1. The molecule has 2 fully saturated rings. The Morgan fingerprint density at radius 2 is 2.00 bits per heavy atom. The molecule has 1 N–H and O–H groups in total. The van der Waals surface area contributed by atoms with E-state index in [0.717, 1.165) is 25.9 Å². The highest BCUT2D eigenvalue weighted by molar-refractivity contribution is 5.82. The number of nitrogens with zero attached hydrogens (tertiary/aromatic N) is 1. The van der Waals surface area contributed by atoms with E-state index in [1.807, 2.05) is 4.90 Å². The molecule has 102 valence electrons. The fourth-order valence-corrected chi connectivity index (χ4v) is 2.80. The van der Waals surface area contributed by atoms with Crippen molar-refractivity contribution >= 4 is 11.9 Å². The van der Waals surface area contributed by atoms with Crippen LogP contribution in [-0.4, -0.2) is 47.2 Å². The third kappa shape index (κ3) is 2.83. The van der Waals surface area contributed by atoms with Gasteiger partial charge in [-0.25, -0.2) is 4.79 Å². The molecule has 0 aromatic rings. The number of rotatable bonds is 3. The van der Waals surface area contributed by atoms with E-state index in [1.165, 1.54) is 6.42 Å².